The molecule has 2 aromatic carbocycles. The van der Waals surface area contributed by atoms with Crippen molar-refractivity contribution in [3.8, 4) is 0 Å². The molecule has 0 bridgehead atoms. The Morgan fingerprint density at radius 2 is 1.74 bits per heavy atom. The smallest absolute Gasteiger partial charge is 0.306 e. The lowest BCUT2D eigenvalue weighted by atomic mass is 9.95. The second-order valence-corrected chi connectivity index (χ2v) is 10.2. The molecule has 35 heavy (non-hydrogen) atoms. The van der Waals surface area contributed by atoms with Crippen molar-refractivity contribution >= 4 is 11.9 Å². The number of rotatable bonds is 12. The molecule has 1 saturated heterocycles. The van der Waals surface area contributed by atoms with Crippen molar-refractivity contribution in [1.29, 1.82) is 0 Å². The van der Waals surface area contributed by atoms with Crippen molar-refractivity contribution in [3.63, 3.8) is 0 Å². The maximum Gasteiger partial charge on any atom is 0.306 e. The molecule has 0 unspecified atom stereocenters. The van der Waals surface area contributed by atoms with Crippen molar-refractivity contribution < 1.29 is 14.3 Å². The van der Waals surface area contributed by atoms with Gasteiger partial charge in [-0.3, -0.25) is 9.59 Å². The Bertz CT molecular complexity index is 900. The van der Waals surface area contributed by atoms with E-state index in [4.69, 9.17) is 4.74 Å². The van der Waals surface area contributed by atoms with Crippen LogP contribution in [0.3, 0.4) is 0 Å². The molecule has 1 heterocycles. The average Bonchev–Trinajstić information content (AvgIpc) is 3.03. The monoisotopic (exact) mass is 478 g/mol. The highest BCUT2D eigenvalue weighted by molar-refractivity contribution is 5.82. The molecule has 1 aliphatic rings. The maximum absolute atomic E-state index is 13.6. The molecule has 5 heteroatoms. The Morgan fingerprint density at radius 3 is 2.40 bits per heavy atom. The van der Waals surface area contributed by atoms with Crippen molar-refractivity contribution in [1.82, 2.24) is 10.2 Å². The summed E-state index contributed by atoms with van der Waals surface area (Å²) in [7, 11) is 0. The number of nitrogens with zero attached hydrogens (tertiary/aromatic N) is 1. The first-order valence-corrected chi connectivity index (χ1v) is 13.3. The zero-order valence-electron chi connectivity index (χ0n) is 21.6. The minimum atomic E-state index is -0.196. The molecule has 190 valence electrons. The van der Waals surface area contributed by atoms with E-state index in [9.17, 15) is 9.59 Å². The predicted octanol–water partition coefficient (Wildman–Crippen LogP) is 5.70. The van der Waals surface area contributed by atoms with Crippen molar-refractivity contribution in [2.24, 2.45) is 5.92 Å². The number of esters is 1. The van der Waals surface area contributed by atoms with Crippen LogP contribution < -0.4 is 5.32 Å². The summed E-state index contributed by atoms with van der Waals surface area (Å²) in [5, 5.41) is 3.61. The van der Waals surface area contributed by atoms with Crippen LogP contribution in [0.1, 0.15) is 76.3 Å². The number of benzene rings is 2. The molecular formula is C30H42N2O3. The van der Waals surface area contributed by atoms with Gasteiger partial charge in [-0.05, 0) is 49.1 Å². The highest BCUT2D eigenvalue weighted by atomic mass is 16.5. The van der Waals surface area contributed by atoms with E-state index in [1.165, 1.54) is 5.56 Å². The fourth-order valence-corrected chi connectivity index (χ4v) is 4.76. The van der Waals surface area contributed by atoms with Crippen LogP contribution in [-0.4, -0.2) is 41.9 Å². The molecule has 0 aromatic heterocycles. The number of hydrogen-bond donors (Lipinski definition) is 1. The molecule has 1 amide bonds. The third kappa shape index (κ3) is 8.81. The fourth-order valence-electron chi connectivity index (χ4n) is 4.76. The molecule has 0 radical (unpaired) electrons. The molecule has 3 atom stereocenters. The largest absolute Gasteiger partial charge is 0.461 e. The van der Waals surface area contributed by atoms with Gasteiger partial charge < -0.3 is 15.0 Å². The third-order valence-corrected chi connectivity index (χ3v) is 6.97. The molecule has 2 aromatic rings. The van der Waals surface area contributed by atoms with E-state index in [0.717, 1.165) is 44.3 Å². The SMILES string of the molecule is CC[C@H](CN1CC[C@@H](CCC(=O)OCc2ccccc2)N[C@@H](CCC(C)C)C1=O)c1ccccc1. The van der Waals surface area contributed by atoms with Gasteiger partial charge in [-0.25, -0.2) is 0 Å². The number of carbonyl (C=O) groups excluding carboxylic acids is 2. The fraction of sp³-hybridized carbons (Fsp3) is 0.533. The second kappa shape index (κ2) is 14.0. The minimum Gasteiger partial charge on any atom is -0.461 e. The third-order valence-electron chi connectivity index (χ3n) is 6.97. The Kier molecular flexibility index (Phi) is 10.8. The van der Waals surface area contributed by atoms with E-state index in [2.05, 4.69) is 55.3 Å². The molecule has 1 N–H and O–H groups in total. The lowest BCUT2D eigenvalue weighted by molar-refractivity contribution is -0.145. The van der Waals surface area contributed by atoms with Crippen LogP contribution in [0, 0.1) is 5.92 Å². The summed E-state index contributed by atoms with van der Waals surface area (Å²) < 4.78 is 5.47. The van der Waals surface area contributed by atoms with Gasteiger partial charge in [0.1, 0.15) is 6.61 Å². The van der Waals surface area contributed by atoms with Crippen LogP contribution in [0.2, 0.25) is 0 Å². The van der Waals surface area contributed by atoms with Gasteiger partial charge in [0.2, 0.25) is 5.91 Å². The summed E-state index contributed by atoms with van der Waals surface area (Å²) in [4.78, 5) is 28.0. The first-order valence-electron chi connectivity index (χ1n) is 13.3. The van der Waals surface area contributed by atoms with Crippen molar-refractivity contribution in [2.75, 3.05) is 13.1 Å². The van der Waals surface area contributed by atoms with E-state index in [1.54, 1.807) is 0 Å². The summed E-state index contributed by atoms with van der Waals surface area (Å²) in [6.07, 6.45) is 4.71. The van der Waals surface area contributed by atoms with Crippen LogP contribution in [0.25, 0.3) is 0 Å². The van der Waals surface area contributed by atoms with E-state index >= 15 is 0 Å². The summed E-state index contributed by atoms with van der Waals surface area (Å²) >= 11 is 0. The molecule has 0 saturated carbocycles. The van der Waals surface area contributed by atoms with Crippen molar-refractivity contribution in [2.45, 2.75) is 83.9 Å². The van der Waals surface area contributed by atoms with Gasteiger partial charge in [-0.1, -0.05) is 81.4 Å². The maximum atomic E-state index is 13.6. The van der Waals surface area contributed by atoms with Gasteiger partial charge in [0.05, 0.1) is 6.04 Å². The first-order chi connectivity index (χ1) is 17.0. The summed E-state index contributed by atoms with van der Waals surface area (Å²) in [5.74, 6) is 0.891. The molecular weight excluding hydrogens is 436 g/mol. The Morgan fingerprint density at radius 1 is 1.06 bits per heavy atom. The lowest BCUT2D eigenvalue weighted by Crippen LogP contribution is -2.46. The number of hydrogen-bond acceptors (Lipinski definition) is 4. The van der Waals surface area contributed by atoms with Crippen LogP contribution in [-0.2, 0) is 20.9 Å². The molecule has 3 rings (SSSR count). The van der Waals surface area contributed by atoms with Crippen LogP contribution in [0.4, 0.5) is 0 Å². The molecule has 1 aliphatic heterocycles. The zero-order valence-corrected chi connectivity index (χ0v) is 21.6. The zero-order chi connectivity index (χ0) is 25.0. The minimum absolute atomic E-state index is 0.127. The van der Waals surface area contributed by atoms with Gasteiger partial charge in [-0.15, -0.1) is 0 Å². The lowest BCUT2D eigenvalue weighted by Gasteiger charge is -2.29. The van der Waals surface area contributed by atoms with E-state index in [0.29, 0.717) is 31.3 Å². The van der Waals surface area contributed by atoms with Crippen molar-refractivity contribution in [3.05, 3.63) is 71.8 Å². The number of nitrogens with one attached hydrogen (secondary N) is 1. The van der Waals surface area contributed by atoms with E-state index in [1.807, 2.05) is 36.4 Å². The first kappa shape index (κ1) is 26.9. The van der Waals surface area contributed by atoms with Crippen LogP contribution in [0.5, 0.6) is 0 Å². The van der Waals surface area contributed by atoms with Gasteiger partial charge in [0.25, 0.3) is 0 Å². The van der Waals surface area contributed by atoms with Gasteiger partial charge in [-0.2, -0.15) is 0 Å². The van der Waals surface area contributed by atoms with Gasteiger partial charge in [0.15, 0.2) is 0 Å². The van der Waals surface area contributed by atoms with E-state index < -0.39 is 0 Å². The molecule has 0 aliphatic carbocycles. The summed E-state index contributed by atoms with van der Waals surface area (Å²) in [6, 6.07) is 20.2. The topological polar surface area (TPSA) is 58.6 Å². The van der Waals surface area contributed by atoms with Gasteiger partial charge in [0, 0.05) is 31.5 Å². The Labute approximate surface area is 211 Å². The van der Waals surface area contributed by atoms with Gasteiger partial charge >= 0.3 is 5.97 Å². The number of amides is 1. The predicted molar refractivity (Wildman–Crippen MR) is 141 cm³/mol. The number of ether oxygens (including phenoxy) is 1. The molecule has 1 fully saturated rings. The second-order valence-electron chi connectivity index (χ2n) is 10.2. The molecule has 0 spiro atoms. The van der Waals surface area contributed by atoms with Crippen LogP contribution in [0.15, 0.2) is 60.7 Å². The molecule has 5 nitrogen and oxygen atoms in total. The quantitative estimate of drug-likeness (QED) is 0.398. The Balaban J connectivity index is 1.59. The summed E-state index contributed by atoms with van der Waals surface area (Å²) in [5.41, 5.74) is 2.28. The highest BCUT2D eigenvalue weighted by Gasteiger charge is 2.32. The summed E-state index contributed by atoms with van der Waals surface area (Å²) in [6.45, 7) is 8.35. The Hall–Kier alpha value is -2.66. The highest BCUT2D eigenvalue weighted by Crippen LogP contribution is 2.24. The average molecular weight is 479 g/mol. The normalized spacial score (nSPS) is 19.4. The standard InChI is InChI=1S/C30H42N2O3/c1-4-25(26-13-9-6-10-14-26)21-32-20-19-27(31-28(30(32)34)17-15-23(2)3)16-18-29(33)35-22-24-11-7-5-8-12-24/h5-14,23,25,27-28,31H,4,15-22H2,1-3H3/t25-,27-,28+/m1/s1. The number of carbonyl (C=O) groups is 2. The van der Waals surface area contributed by atoms with Crippen LogP contribution >= 0.6 is 0 Å². The van der Waals surface area contributed by atoms with E-state index in [-0.39, 0.29) is 24.0 Å².